The van der Waals surface area contributed by atoms with Gasteiger partial charge in [0.25, 0.3) is 0 Å². The van der Waals surface area contributed by atoms with E-state index in [0.717, 1.165) is 18.3 Å². The van der Waals surface area contributed by atoms with E-state index in [1.54, 1.807) is 12.1 Å². The molecule has 0 bridgehead atoms. The fourth-order valence-electron chi connectivity index (χ4n) is 4.84. The zero-order chi connectivity index (χ0) is 27.4. The maximum Gasteiger partial charge on any atom is 0.309 e. The molecule has 1 aromatic heterocycles. The van der Waals surface area contributed by atoms with Crippen molar-refractivity contribution >= 4 is 28.6 Å². The van der Waals surface area contributed by atoms with Crippen LogP contribution in [0.15, 0.2) is 41.4 Å². The third kappa shape index (κ3) is 6.04. The number of carboxylic acids is 1. The summed E-state index contributed by atoms with van der Waals surface area (Å²) in [6, 6.07) is 6.65. The first kappa shape index (κ1) is 28.1. The number of alkyl halides is 1. The van der Waals surface area contributed by atoms with Gasteiger partial charge in [-0.1, -0.05) is 0 Å². The van der Waals surface area contributed by atoms with Gasteiger partial charge >= 0.3 is 5.97 Å². The molecule has 4 rings (SSSR count). The molecule has 0 aliphatic carbocycles. The number of pyridine rings is 1. The van der Waals surface area contributed by atoms with E-state index in [1.165, 1.54) is 24.9 Å². The molecule has 0 spiro atoms. The highest BCUT2D eigenvalue weighted by Gasteiger charge is 2.41. The molecule has 1 unspecified atom stereocenters. The zero-order valence-electron chi connectivity index (χ0n) is 20.7. The van der Waals surface area contributed by atoms with Gasteiger partial charge < -0.3 is 14.7 Å². The molecular weight excluding hydrogens is 527 g/mol. The lowest BCUT2D eigenvalue weighted by molar-refractivity contribution is -0.153. The van der Waals surface area contributed by atoms with E-state index in [9.17, 15) is 27.5 Å². The number of rotatable bonds is 10. The molecule has 1 aliphatic heterocycles. The van der Waals surface area contributed by atoms with Crippen molar-refractivity contribution in [1.82, 2.24) is 9.88 Å². The number of aromatic nitrogens is 1. The predicted octanol–water partition coefficient (Wildman–Crippen LogP) is 6.55. The summed E-state index contributed by atoms with van der Waals surface area (Å²) < 4.78 is 75.2. The number of thioether (sulfide) groups is 1. The van der Waals surface area contributed by atoms with Crippen LogP contribution in [0.4, 0.5) is 22.0 Å². The maximum atomic E-state index is 15.4. The fraction of sp³-hybridized carbons (Fsp3) is 0.407. The van der Waals surface area contributed by atoms with E-state index in [2.05, 4.69) is 4.98 Å². The monoisotopic (exact) mass is 554 g/mol. The normalized spacial score (nSPS) is 16.5. The summed E-state index contributed by atoms with van der Waals surface area (Å²) >= 11 is 1.17. The van der Waals surface area contributed by atoms with Crippen LogP contribution in [0.25, 0.3) is 10.9 Å². The van der Waals surface area contributed by atoms with Gasteiger partial charge in [-0.25, -0.2) is 22.0 Å². The molecule has 2 aromatic carbocycles. The first-order valence-electron chi connectivity index (χ1n) is 12.1. The summed E-state index contributed by atoms with van der Waals surface area (Å²) in [7, 11) is 1.45. The Hall–Kier alpha value is -2.92. The molecular formula is C27H27F5N2O3S. The molecule has 1 aliphatic rings. The number of benzene rings is 2. The lowest BCUT2D eigenvalue weighted by atomic mass is 9.74. The van der Waals surface area contributed by atoms with Gasteiger partial charge in [0.2, 0.25) is 0 Å². The number of aliphatic carboxylic acids is 1. The van der Waals surface area contributed by atoms with Crippen molar-refractivity contribution in [3.05, 3.63) is 65.4 Å². The van der Waals surface area contributed by atoms with Gasteiger partial charge in [0, 0.05) is 28.1 Å². The molecule has 38 heavy (non-hydrogen) atoms. The number of ether oxygens (including phenoxy) is 1. The second-order valence-electron chi connectivity index (χ2n) is 9.39. The Balaban J connectivity index is 1.36. The first-order valence-corrected chi connectivity index (χ1v) is 13.1. The number of halogens is 5. The smallest absolute Gasteiger partial charge is 0.309 e. The molecule has 2 heterocycles. The van der Waals surface area contributed by atoms with Crippen LogP contribution in [0.2, 0.25) is 0 Å². The van der Waals surface area contributed by atoms with Gasteiger partial charge in [-0.15, -0.1) is 11.8 Å². The number of fused-ring (bicyclic) bond motifs is 1. The lowest BCUT2D eigenvalue weighted by Gasteiger charge is -2.39. The second-order valence-corrected chi connectivity index (χ2v) is 10.6. The van der Waals surface area contributed by atoms with E-state index < -0.39 is 40.8 Å². The predicted molar refractivity (Wildman–Crippen MR) is 134 cm³/mol. The third-order valence-electron chi connectivity index (χ3n) is 7.16. The highest BCUT2D eigenvalue weighted by molar-refractivity contribution is 7.99. The van der Waals surface area contributed by atoms with Gasteiger partial charge in [0.05, 0.1) is 24.2 Å². The van der Waals surface area contributed by atoms with Crippen LogP contribution >= 0.6 is 11.8 Å². The Morgan fingerprint density at radius 3 is 2.45 bits per heavy atom. The minimum absolute atomic E-state index is 0.0352. The standard InChI is InChI=1S/C27H27F5N2O3S/c1-37-16-2-3-23-18(12-16)24(22(31)15-33-23)19(28)4-5-27(26(35)36)6-8-34(9-7-27)10-11-38-17-13-20(29)25(32)21(30)14-17/h2-3,12-15,19H,4-11H2,1H3,(H,35,36). The number of piperidine rings is 1. The average Bonchev–Trinajstić information content (AvgIpc) is 2.90. The van der Waals surface area contributed by atoms with Gasteiger partial charge in [-0.2, -0.15) is 0 Å². The van der Waals surface area contributed by atoms with E-state index in [4.69, 9.17) is 4.74 Å². The molecule has 0 amide bonds. The van der Waals surface area contributed by atoms with Crippen LogP contribution in [-0.2, 0) is 4.79 Å². The summed E-state index contributed by atoms with van der Waals surface area (Å²) in [4.78, 5) is 18.5. The van der Waals surface area contributed by atoms with Gasteiger partial charge in [0.15, 0.2) is 17.5 Å². The summed E-state index contributed by atoms with van der Waals surface area (Å²) in [6.07, 6.45) is -0.325. The minimum atomic E-state index is -1.73. The number of likely N-dealkylation sites (tertiary alicyclic amines) is 1. The van der Waals surface area contributed by atoms with Crippen LogP contribution in [-0.4, -0.2) is 53.5 Å². The van der Waals surface area contributed by atoms with Crippen LogP contribution in [0.1, 0.15) is 37.4 Å². The largest absolute Gasteiger partial charge is 0.497 e. The summed E-state index contributed by atoms with van der Waals surface area (Å²) in [6.45, 7) is 1.42. The van der Waals surface area contributed by atoms with Crippen molar-refractivity contribution in [2.45, 2.75) is 36.8 Å². The molecule has 1 N–H and O–H groups in total. The van der Waals surface area contributed by atoms with Crippen LogP contribution in [0.3, 0.4) is 0 Å². The second kappa shape index (κ2) is 11.9. The Morgan fingerprint density at radius 1 is 1.13 bits per heavy atom. The summed E-state index contributed by atoms with van der Waals surface area (Å²) in [5.41, 5.74) is -0.888. The van der Waals surface area contributed by atoms with Crippen molar-refractivity contribution < 1.29 is 36.6 Å². The highest BCUT2D eigenvalue weighted by atomic mass is 32.2. The van der Waals surface area contributed by atoms with Gasteiger partial charge in [0.1, 0.15) is 17.7 Å². The Bertz CT molecular complexity index is 1290. The number of carbonyl (C=O) groups is 1. The van der Waals surface area contributed by atoms with Crippen molar-refractivity contribution in [2.24, 2.45) is 5.41 Å². The molecule has 5 nitrogen and oxygen atoms in total. The average molecular weight is 555 g/mol. The molecule has 11 heteroatoms. The quantitative estimate of drug-likeness (QED) is 0.174. The Kier molecular flexibility index (Phi) is 8.77. The molecule has 1 fully saturated rings. The van der Waals surface area contributed by atoms with Gasteiger partial charge in [-0.05, 0) is 69.1 Å². The van der Waals surface area contributed by atoms with Crippen molar-refractivity contribution in [3.63, 3.8) is 0 Å². The molecule has 1 saturated heterocycles. The molecule has 1 atom stereocenters. The summed E-state index contributed by atoms with van der Waals surface area (Å²) in [5.74, 6) is -4.92. The van der Waals surface area contributed by atoms with Gasteiger partial charge in [-0.3, -0.25) is 9.78 Å². The van der Waals surface area contributed by atoms with Crippen molar-refractivity contribution in [1.29, 1.82) is 0 Å². The topological polar surface area (TPSA) is 62.7 Å². The highest BCUT2D eigenvalue weighted by Crippen LogP contribution is 2.41. The Morgan fingerprint density at radius 2 is 1.82 bits per heavy atom. The summed E-state index contributed by atoms with van der Waals surface area (Å²) in [5, 5.41) is 10.3. The zero-order valence-corrected chi connectivity index (χ0v) is 21.5. The van der Waals surface area contributed by atoms with E-state index in [0.29, 0.717) is 36.7 Å². The van der Waals surface area contributed by atoms with Crippen LogP contribution in [0, 0.1) is 28.7 Å². The van der Waals surface area contributed by atoms with Crippen LogP contribution < -0.4 is 4.74 Å². The molecule has 204 valence electrons. The number of nitrogens with zero attached hydrogens (tertiary/aromatic N) is 2. The van der Waals surface area contributed by atoms with E-state index in [-0.39, 0.29) is 41.5 Å². The van der Waals surface area contributed by atoms with E-state index in [1.807, 2.05) is 4.90 Å². The number of methoxy groups -OCH3 is 1. The molecule has 3 aromatic rings. The number of hydrogen-bond donors (Lipinski definition) is 1. The van der Waals surface area contributed by atoms with Crippen LogP contribution in [0.5, 0.6) is 5.75 Å². The van der Waals surface area contributed by atoms with Crippen molar-refractivity contribution in [2.75, 3.05) is 32.5 Å². The Labute approximate surface area is 221 Å². The van der Waals surface area contributed by atoms with Crippen molar-refractivity contribution in [3.8, 4) is 5.75 Å². The third-order valence-corrected chi connectivity index (χ3v) is 8.11. The number of hydrogen-bond acceptors (Lipinski definition) is 5. The molecule has 0 radical (unpaired) electrons. The first-order chi connectivity index (χ1) is 18.1. The van der Waals surface area contributed by atoms with E-state index >= 15 is 4.39 Å². The minimum Gasteiger partial charge on any atom is -0.497 e. The SMILES string of the molecule is COc1ccc2ncc(F)c(C(F)CCC3(C(=O)O)CCN(CCSc4cc(F)c(F)c(F)c4)CC3)c2c1. The maximum absolute atomic E-state index is 15.4. The lowest BCUT2D eigenvalue weighted by Crippen LogP contribution is -2.45. The molecule has 0 saturated carbocycles. The number of carboxylic acid groups (broad SMARTS) is 1. The fourth-order valence-corrected chi connectivity index (χ4v) is 5.80.